The van der Waals surface area contributed by atoms with E-state index in [1.54, 1.807) is 28.8 Å². The fourth-order valence-electron chi connectivity index (χ4n) is 4.21. The SMILES string of the molecule is O=C(Nc1nc2scc(-c3ccc(F)cc3)n2n1)c1c2c(nc3ccc(Cl)cc13)CCC2. The number of nitrogens with one attached hydrogen (secondary N) is 1. The summed E-state index contributed by atoms with van der Waals surface area (Å²) in [4.78, 5) is 23.2. The van der Waals surface area contributed by atoms with Gasteiger partial charge in [0.15, 0.2) is 0 Å². The van der Waals surface area contributed by atoms with Crippen LogP contribution in [0, 0.1) is 5.82 Å². The highest BCUT2D eigenvalue weighted by atomic mass is 35.5. The molecular formula is C23H15ClFN5OS. The van der Waals surface area contributed by atoms with Gasteiger partial charge in [-0.1, -0.05) is 11.6 Å². The molecule has 6 nitrogen and oxygen atoms in total. The molecule has 1 aliphatic rings. The van der Waals surface area contributed by atoms with E-state index >= 15 is 0 Å². The molecule has 0 unspecified atom stereocenters. The van der Waals surface area contributed by atoms with E-state index in [9.17, 15) is 9.18 Å². The zero-order chi connectivity index (χ0) is 21.8. The zero-order valence-corrected chi connectivity index (χ0v) is 18.2. The molecule has 0 saturated heterocycles. The largest absolute Gasteiger partial charge is 0.289 e. The second kappa shape index (κ2) is 7.36. The molecule has 3 aromatic heterocycles. The molecule has 5 aromatic rings. The first-order valence-corrected chi connectivity index (χ1v) is 11.3. The zero-order valence-electron chi connectivity index (χ0n) is 16.6. The quantitative estimate of drug-likeness (QED) is 0.381. The number of benzene rings is 2. The Morgan fingerprint density at radius 2 is 1.97 bits per heavy atom. The maximum atomic E-state index is 13.4. The minimum absolute atomic E-state index is 0.212. The van der Waals surface area contributed by atoms with Gasteiger partial charge in [-0.15, -0.1) is 16.4 Å². The van der Waals surface area contributed by atoms with Crippen LogP contribution in [0.15, 0.2) is 47.8 Å². The highest BCUT2D eigenvalue weighted by molar-refractivity contribution is 7.15. The molecule has 9 heteroatoms. The van der Waals surface area contributed by atoms with Crippen LogP contribution in [0.3, 0.4) is 0 Å². The fraction of sp³-hybridized carbons (Fsp3) is 0.130. The second-order valence-corrected chi connectivity index (χ2v) is 8.91. The van der Waals surface area contributed by atoms with Crippen molar-refractivity contribution < 1.29 is 9.18 Å². The highest BCUT2D eigenvalue weighted by Crippen LogP contribution is 2.32. The molecule has 0 bridgehead atoms. The molecule has 158 valence electrons. The Hall–Kier alpha value is -3.36. The lowest BCUT2D eigenvalue weighted by Crippen LogP contribution is -2.16. The lowest BCUT2D eigenvalue weighted by atomic mass is 10.0. The van der Waals surface area contributed by atoms with Gasteiger partial charge in [0.05, 0.1) is 16.8 Å². The van der Waals surface area contributed by atoms with Gasteiger partial charge in [-0.05, 0) is 67.3 Å². The number of hydrogen-bond donors (Lipinski definition) is 1. The van der Waals surface area contributed by atoms with E-state index in [1.165, 1.54) is 23.5 Å². The Labute approximate surface area is 190 Å². The Bertz CT molecular complexity index is 1530. The minimum atomic E-state index is -0.302. The summed E-state index contributed by atoms with van der Waals surface area (Å²) < 4.78 is 14.9. The molecular weight excluding hydrogens is 449 g/mol. The van der Waals surface area contributed by atoms with Crippen LogP contribution >= 0.6 is 22.9 Å². The van der Waals surface area contributed by atoms with Crippen molar-refractivity contribution in [2.24, 2.45) is 0 Å². The van der Waals surface area contributed by atoms with Gasteiger partial charge in [-0.25, -0.2) is 8.91 Å². The van der Waals surface area contributed by atoms with Gasteiger partial charge in [0, 0.05) is 27.0 Å². The number of aromatic nitrogens is 4. The molecule has 1 aliphatic carbocycles. The number of carbonyl (C=O) groups is 1. The van der Waals surface area contributed by atoms with Gasteiger partial charge < -0.3 is 0 Å². The molecule has 6 rings (SSSR count). The van der Waals surface area contributed by atoms with Gasteiger partial charge in [-0.3, -0.25) is 15.1 Å². The predicted octanol–water partition coefficient (Wildman–Crippen LogP) is 5.54. The van der Waals surface area contributed by atoms with Crippen LogP contribution in [0.5, 0.6) is 0 Å². The third-order valence-electron chi connectivity index (χ3n) is 5.65. The van der Waals surface area contributed by atoms with Crippen molar-refractivity contribution in [3.63, 3.8) is 0 Å². The van der Waals surface area contributed by atoms with Crippen LogP contribution in [0.1, 0.15) is 28.0 Å². The van der Waals surface area contributed by atoms with Gasteiger partial charge in [0.1, 0.15) is 5.82 Å². The Kier molecular flexibility index (Phi) is 4.44. The van der Waals surface area contributed by atoms with Crippen molar-refractivity contribution in [1.29, 1.82) is 0 Å². The van der Waals surface area contributed by atoms with Gasteiger partial charge in [0.2, 0.25) is 4.96 Å². The molecule has 0 saturated carbocycles. The van der Waals surface area contributed by atoms with E-state index in [1.807, 2.05) is 11.4 Å². The summed E-state index contributed by atoms with van der Waals surface area (Å²) in [7, 11) is 0. The van der Waals surface area contributed by atoms with E-state index in [0.717, 1.165) is 52.7 Å². The molecule has 0 spiro atoms. The lowest BCUT2D eigenvalue weighted by Gasteiger charge is -2.12. The molecule has 32 heavy (non-hydrogen) atoms. The smallest absolute Gasteiger partial charge is 0.259 e. The number of amides is 1. The van der Waals surface area contributed by atoms with Crippen LogP contribution in [-0.2, 0) is 12.8 Å². The van der Waals surface area contributed by atoms with Crippen molar-refractivity contribution in [2.45, 2.75) is 19.3 Å². The number of nitrogens with zero attached hydrogens (tertiary/aromatic N) is 4. The second-order valence-electron chi connectivity index (χ2n) is 7.64. The normalized spacial score (nSPS) is 13.1. The van der Waals surface area contributed by atoms with E-state index in [-0.39, 0.29) is 17.7 Å². The van der Waals surface area contributed by atoms with Crippen molar-refractivity contribution >= 4 is 50.7 Å². The first kappa shape index (κ1) is 19.3. The van der Waals surface area contributed by atoms with E-state index in [0.29, 0.717) is 15.5 Å². The van der Waals surface area contributed by atoms with Crippen molar-refractivity contribution in [1.82, 2.24) is 19.6 Å². The van der Waals surface area contributed by atoms with E-state index in [2.05, 4.69) is 15.4 Å². The fourth-order valence-corrected chi connectivity index (χ4v) is 5.21. The molecule has 2 aromatic carbocycles. The standard InChI is InChI=1S/C23H15ClFN5OS/c24-13-6-9-18-16(10-13)20(15-2-1-3-17(15)26-18)21(31)27-22-28-23-30(29-22)19(11-32-23)12-4-7-14(25)8-5-12/h4-11H,1-3H2,(H,27,29,31). The number of anilines is 1. The first-order valence-electron chi connectivity index (χ1n) is 10.1. The van der Waals surface area contributed by atoms with Crippen molar-refractivity contribution in [3.05, 3.63) is 75.5 Å². The van der Waals surface area contributed by atoms with Crippen LogP contribution < -0.4 is 5.32 Å². The van der Waals surface area contributed by atoms with Gasteiger partial charge in [0.25, 0.3) is 11.9 Å². The maximum Gasteiger partial charge on any atom is 0.259 e. The molecule has 3 heterocycles. The summed E-state index contributed by atoms with van der Waals surface area (Å²) in [6.07, 6.45) is 2.62. The third kappa shape index (κ3) is 3.14. The Morgan fingerprint density at radius 3 is 2.81 bits per heavy atom. The maximum absolute atomic E-state index is 13.4. The summed E-state index contributed by atoms with van der Waals surface area (Å²) in [5.74, 6) is -0.368. The van der Waals surface area contributed by atoms with Crippen LogP contribution in [0.4, 0.5) is 10.3 Å². The summed E-state index contributed by atoms with van der Waals surface area (Å²) in [5, 5.41) is 10.5. The van der Waals surface area contributed by atoms with E-state index in [4.69, 9.17) is 16.6 Å². The molecule has 0 fully saturated rings. The number of fused-ring (bicyclic) bond motifs is 3. The molecule has 0 radical (unpaired) electrons. The average Bonchev–Trinajstić information content (AvgIpc) is 3.48. The number of halogens is 2. The number of pyridine rings is 1. The van der Waals surface area contributed by atoms with Crippen molar-refractivity contribution in [3.8, 4) is 11.3 Å². The highest BCUT2D eigenvalue weighted by Gasteiger charge is 2.25. The molecule has 0 aliphatic heterocycles. The number of aryl methyl sites for hydroxylation is 1. The Balaban J connectivity index is 1.40. The number of thiazole rings is 1. The summed E-state index contributed by atoms with van der Waals surface area (Å²) in [5.41, 5.74) is 4.85. The van der Waals surface area contributed by atoms with Crippen LogP contribution in [0.25, 0.3) is 27.1 Å². The predicted molar refractivity (Wildman–Crippen MR) is 123 cm³/mol. The van der Waals surface area contributed by atoms with E-state index < -0.39 is 0 Å². The summed E-state index contributed by atoms with van der Waals surface area (Å²) in [6, 6.07) is 11.6. The van der Waals surface area contributed by atoms with Crippen molar-refractivity contribution in [2.75, 3.05) is 5.32 Å². The number of carbonyl (C=O) groups excluding carboxylic acids is 1. The summed E-state index contributed by atoms with van der Waals surface area (Å²) in [6.45, 7) is 0. The first-order chi connectivity index (χ1) is 15.6. The van der Waals surface area contributed by atoms with Gasteiger partial charge in [-0.2, -0.15) is 4.98 Å². The lowest BCUT2D eigenvalue weighted by molar-refractivity contribution is 0.102. The molecule has 0 atom stereocenters. The van der Waals surface area contributed by atoms with Crippen LogP contribution in [-0.4, -0.2) is 25.5 Å². The number of rotatable bonds is 3. The minimum Gasteiger partial charge on any atom is -0.289 e. The third-order valence-corrected chi connectivity index (χ3v) is 6.70. The molecule has 1 amide bonds. The average molecular weight is 464 g/mol. The topological polar surface area (TPSA) is 72.2 Å². The van der Waals surface area contributed by atoms with Gasteiger partial charge >= 0.3 is 0 Å². The monoisotopic (exact) mass is 463 g/mol. The summed E-state index contributed by atoms with van der Waals surface area (Å²) >= 11 is 7.62. The molecule has 1 N–H and O–H groups in total. The van der Waals surface area contributed by atoms with Crippen LogP contribution in [0.2, 0.25) is 5.02 Å². The Morgan fingerprint density at radius 1 is 1.12 bits per heavy atom. The number of hydrogen-bond acceptors (Lipinski definition) is 5.